The number of nitrogens with one attached hydrogen (secondary N) is 1. The molecule has 1 aromatic heterocycles. The summed E-state index contributed by atoms with van der Waals surface area (Å²) < 4.78 is 60.7. The number of anilines is 1. The van der Waals surface area contributed by atoms with Crippen LogP contribution in [-0.2, 0) is 20.0 Å². The van der Waals surface area contributed by atoms with Gasteiger partial charge in [-0.3, -0.25) is 4.72 Å². The molecule has 3 aromatic rings. The topological polar surface area (TPSA) is 94.5 Å². The van der Waals surface area contributed by atoms with Gasteiger partial charge in [-0.15, -0.1) is 0 Å². The molecule has 0 aliphatic heterocycles. The van der Waals surface area contributed by atoms with Gasteiger partial charge in [0.05, 0.1) is 17.2 Å². The molecule has 0 radical (unpaired) electrons. The number of aromatic nitrogens is 1. The Morgan fingerprint density at radius 2 is 1.55 bits per heavy atom. The molecule has 0 spiro atoms. The smallest absolute Gasteiger partial charge is 0.268 e. The lowest BCUT2D eigenvalue weighted by Crippen LogP contribution is -2.18. The Bertz CT molecular complexity index is 1210. The Labute approximate surface area is 171 Å². The van der Waals surface area contributed by atoms with Gasteiger partial charge in [-0.1, -0.05) is 18.2 Å². The highest BCUT2D eigenvalue weighted by Gasteiger charge is 2.28. The molecular formula is C20H22N2O5S2. The van der Waals surface area contributed by atoms with Crippen molar-refractivity contribution in [2.75, 3.05) is 11.3 Å². The third-order valence-corrected chi connectivity index (χ3v) is 7.72. The van der Waals surface area contributed by atoms with E-state index in [1.165, 1.54) is 25.1 Å². The second kappa shape index (κ2) is 7.92. The van der Waals surface area contributed by atoms with E-state index < -0.39 is 20.0 Å². The number of sulfonamides is 1. The molecule has 3 rings (SSSR count). The third kappa shape index (κ3) is 4.15. The average Bonchev–Trinajstić information content (AvgIpc) is 3.00. The van der Waals surface area contributed by atoms with Crippen LogP contribution in [0.25, 0.3) is 0 Å². The average molecular weight is 435 g/mol. The van der Waals surface area contributed by atoms with Crippen molar-refractivity contribution in [1.82, 2.24) is 3.97 Å². The highest BCUT2D eigenvalue weighted by atomic mass is 32.2. The molecule has 0 amide bonds. The van der Waals surface area contributed by atoms with Gasteiger partial charge in [0.2, 0.25) is 0 Å². The highest BCUT2D eigenvalue weighted by molar-refractivity contribution is 7.93. The van der Waals surface area contributed by atoms with Gasteiger partial charge in [-0.2, -0.15) is 0 Å². The van der Waals surface area contributed by atoms with Crippen molar-refractivity contribution in [3.8, 4) is 5.75 Å². The molecule has 0 bridgehead atoms. The summed E-state index contributed by atoms with van der Waals surface area (Å²) >= 11 is 0. The minimum absolute atomic E-state index is 0.0882. The van der Waals surface area contributed by atoms with Crippen molar-refractivity contribution < 1.29 is 21.6 Å². The van der Waals surface area contributed by atoms with Crippen LogP contribution in [-0.4, -0.2) is 27.4 Å². The largest absolute Gasteiger partial charge is 0.494 e. The van der Waals surface area contributed by atoms with Crippen LogP contribution in [0.3, 0.4) is 0 Å². The monoisotopic (exact) mass is 434 g/mol. The maximum Gasteiger partial charge on any atom is 0.268 e. The lowest BCUT2D eigenvalue weighted by Gasteiger charge is -2.12. The van der Waals surface area contributed by atoms with Gasteiger partial charge >= 0.3 is 0 Å². The fourth-order valence-corrected chi connectivity index (χ4v) is 6.08. The second-order valence-electron chi connectivity index (χ2n) is 6.38. The minimum Gasteiger partial charge on any atom is -0.494 e. The Morgan fingerprint density at radius 1 is 0.931 bits per heavy atom. The molecule has 1 N–H and O–H groups in total. The van der Waals surface area contributed by atoms with Gasteiger partial charge in [-0.25, -0.2) is 20.8 Å². The predicted octanol–water partition coefficient (Wildman–Crippen LogP) is 3.54. The number of hydrogen-bond donors (Lipinski definition) is 1. The van der Waals surface area contributed by atoms with Crippen molar-refractivity contribution in [1.29, 1.82) is 0 Å². The van der Waals surface area contributed by atoms with Crippen LogP contribution in [0.4, 0.5) is 5.69 Å². The van der Waals surface area contributed by atoms with Crippen LogP contribution in [0.15, 0.2) is 70.5 Å². The van der Waals surface area contributed by atoms with Gasteiger partial charge in [0.1, 0.15) is 10.6 Å². The highest BCUT2D eigenvalue weighted by Crippen LogP contribution is 2.27. The number of hydrogen-bond acceptors (Lipinski definition) is 5. The van der Waals surface area contributed by atoms with E-state index in [2.05, 4.69) is 4.72 Å². The van der Waals surface area contributed by atoms with Crippen molar-refractivity contribution in [2.24, 2.45) is 0 Å². The Balaban J connectivity index is 1.98. The van der Waals surface area contributed by atoms with Crippen LogP contribution in [0.1, 0.15) is 18.3 Å². The molecule has 0 unspecified atom stereocenters. The van der Waals surface area contributed by atoms with Crippen LogP contribution in [0.2, 0.25) is 0 Å². The quantitative estimate of drug-likeness (QED) is 0.614. The summed E-state index contributed by atoms with van der Waals surface area (Å²) in [6.45, 7) is 5.40. The molecule has 0 saturated heterocycles. The maximum absolute atomic E-state index is 13.0. The number of aryl methyl sites for hydroxylation is 1. The van der Waals surface area contributed by atoms with E-state index in [4.69, 9.17) is 4.74 Å². The maximum atomic E-state index is 13.0. The molecule has 9 heteroatoms. The van der Waals surface area contributed by atoms with Crippen LogP contribution < -0.4 is 9.46 Å². The summed E-state index contributed by atoms with van der Waals surface area (Å²) in [6.07, 6.45) is 0. The normalized spacial score (nSPS) is 12.0. The van der Waals surface area contributed by atoms with E-state index in [0.717, 1.165) is 3.97 Å². The fourth-order valence-electron chi connectivity index (χ4n) is 3.05. The Morgan fingerprint density at radius 3 is 2.14 bits per heavy atom. The fraction of sp³-hybridized carbons (Fsp3) is 0.200. The second-order valence-corrected chi connectivity index (χ2v) is 9.82. The van der Waals surface area contributed by atoms with E-state index in [0.29, 0.717) is 23.7 Å². The predicted molar refractivity (Wildman–Crippen MR) is 111 cm³/mol. The zero-order valence-electron chi connectivity index (χ0n) is 16.3. The third-order valence-electron chi connectivity index (χ3n) is 4.31. The molecule has 0 atom stereocenters. The first kappa shape index (κ1) is 20.9. The minimum atomic E-state index is -3.99. The molecule has 0 fully saturated rings. The number of benzene rings is 2. The molecule has 7 nitrogen and oxygen atoms in total. The van der Waals surface area contributed by atoms with Gasteiger partial charge in [0.15, 0.2) is 0 Å². The van der Waals surface area contributed by atoms with Crippen LogP contribution >= 0.6 is 0 Å². The molecule has 29 heavy (non-hydrogen) atoms. The number of ether oxygens (including phenoxy) is 1. The SMILES string of the molecule is CCOc1ccc(NS(=O)(=O)c2cc(C)n(S(=O)(=O)c3ccccc3)c2C)cc1. The van der Waals surface area contributed by atoms with Gasteiger partial charge < -0.3 is 4.74 Å². The first-order valence-electron chi connectivity index (χ1n) is 8.92. The zero-order valence-corrected chi connectivity index (χ0v) is 17.9. The van der Waals surface area contributed by atoms with Crippen molar-refractivity contribution in [2.45, 2.75) is 30.6 Å². The lowest BCUT2D eigenvalue weighted by molar-refractivity contribution is 0.340. The zero-order chi connectivity index (χ0) is 21.2. The first-order chi connectivity index (χ1) is 13.7. The summed E-state index contributed by atoms with van der Waals surface area (Å²) in [4.78, 5) is -0.00592. The van der Waals surface area contributed by atoms with Gasteiger partial charge in [-0.05, 0) is 63.2 Å². The summed E-state index contributed by atoms with van der Waals surface area (Å²) in [7, 11) is -7.91. The number of rotatable bonds is 7. The van der Waals surface area contributed by atoms with E-state index in [9.17, 15) is 16.8 Å². The summed E-state index contributed by atoms with van der Waals surface area (Å²) in [5.41, 5.74) is 0.771. The van der Waals surface area contributed by atoms with E-state index in [1.54, 1.807) is 49.4 Å². The van der Waals surface area contributed by atoms with E-state index >= 15 is 0 Å². The van der Waals surface area contributed by atoms with Crippen LogP contribution in [0.5, 0.6) is 5.75 Å². The summed E-state index contributed by atoms with van der Waals surface area (Å²) in [5, 5.41) is 0. The first-order valence-corrected chi connectivity index (χ1v) is 11.8. The molecule has 2 aromatic carbocycles. The summed E-state index contributed by atoms with van der Waals surface area (Å²) in [5.74, 6) is 0.627. The standard InChI is InChI=1S/C20H22N2O5S2/c1-4-27-18-12-10-17(11-13-18)21-28(23,24)20-14-15(2)22(16(20)3)29(25,26)19-8-6-5-7-9-19/h5-14,21H,4H2,1-3H3. The van der Waals surface area contributed by atoms with Crippen molar-refractivity contribution >= 4 is 25.7 Å². The molecule has 1 heterocycles. The molecule has 154 valence electrons. The molecule has 0 saturated carbocycles. The van der Waals surface area contributed by atoms with E-state index in [-0.39, 0.29) is 15.5 Å². The van der Waals surface area contributed by atoms with Crippen LogP contribution in [0, 0.1) is 13.8 Å². The lowest BCUT2D eigenvalue weighted by atomic mass is 10.3. The number of nitrogens with zero attached hydrogens (tertiary/aromatic N) is 1. The Kier molecular flexibility index (Phi) is 5.72. The van der Waals surface area contributed by atoms with Gasteiger partial charge in [0.25, 0.3) is 20.0 Å². The van der Waals surface area contributed by atoms with Gasteiger partial charge in [0, 0.05) is 11.4 Å². The summed E-state index contributed by atoms with van der Waals surface area (Å²) in [6, 6.07) is 15.7. The molecule has 0 aliphatic rings. The Hall–Kier alpha value is -2.78. The molecular weight excluding hydrogens is 412 g/mol. The van der Waals surface area contributed by atoms with Crippen molar-refractivity contribution in [3.05, 3.63) is 72.1 Å². The molecule has 0 aliphatic carbocycles. The van der Waals surface area contributed by atoms with E-state index in [1.807, 2.05) is 6.92 Å². The van der Waals surface area contributed by atoms with Crippen molar-refractivity contribution in [3.63, 3.8) is 0 Å².